The van der Waals surface area contributed by atoms with Gasteiger partial charge < -0.3 is 14.6 Å². The van der Waals surface area contributed by atoms with Crippen molar-refractivity contribution in [2.45, 2.75) is 31.4 Å². The lowest BCUT2D eigenvalue weighted by atomic mass is 10.2. The van der Waals surface area contributed by atoms with Crippen LogP contribution in [0.15, 0.2) is 66.9 Å². The molecular formula is C24H27FN2O3S. The Bertz CT molecular complexity index is 887. The van der Waals surface area contributed by atoms with E-state index >= 15 is 0 Å². The van der Waals surface area contributed by atoms with Gasteiger partial charge >= 0.3 is 0 Å². The van der Waals surface area contributed by atoms with E-state index in [4.69, 9.17) is 9.47 Å². The molecule has 0 aliphatic rings. The molecule has 0 amide bonds. The van der Waals surface area contributed by atoms with Gasteiger partial charge in [-0.2, -0.15) is 0 Å². The van der Waals surface area contributed by atoms with Crippen molar-refractivity contribution in [1.82, 2.24) is 9.29 Å². The number of pyridine rings is 1. The topological polar surface area (TPSA) is 54.8 Å². The highest BCUT2D eigenvalue weighted by Gasteiger charge is 2.22. The van der Waals surface area contributed by atoms with Crippen molar-refractivity contribution in [2.24, 2.45) is 0 Å². The van der Waals surface area contributed by atoms with Gasteiger partial charge in [0.1, 0.15) is 23.4 Å². The molecule has 0 radical (unpaired) electrons. The van der Waals surface area contributed by atoms with Gasteiger partial charge in [-0.3, -0.25) is 4.98 Å². The molecule has 7 heteroatoms. The van der Waals surface area contributed by atoms with Crippen LogP contribution in [0, 0.1) is 5.82 Å². The van der Waals surface area contributed by atoms with E-state index in [1.54, 1.807) is 26.2 Å². The number of hydrogen-bond donors (Lipinski definition) is 1. The third-order valence-electron chi connectivity index (χ3n) is 4.85. The first-order chi connectivity index (χ1) is 15.0. The van der Waals surface area contributed by atoms with E-state index < -0.39 is 11.9 Å². The minimum absolute atomic E-state index is 0.186. The summed E-state index contributed by atoms with van der Waals surface area (Å²) in [7, 11) is 3.29. The highest BCUT2D eigenvalue weighted by molar-refractivity contribution is 7.97. The van der Waals surface area contributed by atoms with Crippen LogP contribution in [0.4, 0.5) is 4.39 Å². The van der Waals surface area contributed by atoms with Crippen molar-refractivity contribution in [1.29, 1.82) is 0 Å². The number of aliphatic hydroxyl groups excluding tert-OH is 1. The fourth-order valence-electron chi connectivity index (χ4n) is 3.10. The van der Waals surface area contributed by atoms with Gasteiger partial charge in [0.2, 0.25) is 0 Å². The standard InChI is InChI=1S/C24H27FN2O3S/c1-17(24(28)23-13-8-20(25)14-26-23)31-27(15-18-4-9-21(29-2)10-5-18)16-19-6-11-22(30-3)12-7-19/h4-14,17,24,28H,15-16H2,1-3H3. The molecule has 0 aliphatic carbocycles. The van der Waals surface area contributed by atoms with Gasteiger partial charge in [0.25, 0.3) is 0 Å². The van der Waals surface area contributed by atoms with E-state index in [9.17, 15) is 9.50 Å². The van der Waals surface area contributed by atoms with Crippen molar-refractivity contribution in [3.8, 4) is 11.5 Å². The lowest BCUT2D eigenvalue weighted by Gasteiger charge is -2.27. The maximum absolute atomic E-state index is 13.2. The van der Waals surface area contributed by atoms with Crippen LogP contribution in [-0.4, -0.2) is 33.9 Å². The molecule has 31 heavy (non-hydrogen) atoms. The van der Waals surface area contributed by atoms with Crippen LogP contribution in [0.1, 0.15) is 29.8 Å². The Morgan fingerprint density at radius 3 is 1.84 bits per heavy atom. The van der Waals surface area contributed by atoms with E-state index in [2.05, 4.69) is 9.29 Å². The maximum Gasteiger partial charge on any atom is 0.141 e. The molecule has 2 atom stereocenters. The second-order valence-electron chi connectivity index (χ2n) is 7.15. The lowest BCUT2D eigenvalue weighted by Crippen LogP contribution is -2.22. The van der Waals surface area contributed by atoms with Gasteiger partial charge in [-0.1, -0.05) is 36.2 Å². The van der Waals surface area contributed by atoms with Gasteiger partial charge in [0, 0.05) is 18.3 Å². The summed E-state index contributed by atoms with van der Waals surface area (Å²) in [6.45, 7) is 3.29. The number of nitrogens with zero attached hydrogens (tertiary/aromatic N) is 2. The molecule has 3 aromatic rings. The number of aliphatic hydroxyl groups is 1. The Morgan fingerprint density at radius 1 is 0.903 bits per heavy atom. The fourth-order valence-corrected chi connectivity index (χ4v) is 4.27. The van der Waals surface area contributed by atoms with E-state index in [0.717, 1.165) is 28.8 Å². The van der Waals surface area contributed by atoms with Gasteiger partial charge in [0.15, 0.2) is 0 Å². The molecule has 164 valence electrons. The summed E-state index contributed by atoms with van der Waals surface area (Å²) in [4.78, 5) is 4.03. The molecule has 0 saturated heterocycles. The number of aromatic nitrogens is 1. The zero-order valence-corrected chi connectivity index (χ0v) is 18.7. The largest absolute Gasteiger partial charge is 0.497 e. The van der Waals surface area contributed by atoms with Gasteiger partial charge in [0.05, 0.1) is 26.1 Å². The minimum atomic E-state index is -0.820. The van der Waals surface area contributed by atoms with E-state index in [1.807, 2.05) is 55.5 Å². The Kier molecular flexibility index (Phi) is 8.28. The van der Waals surface area contributed by atoms with Crippen molar-refractivity contribution < 1.29 is 19.0 Å². The zero-order chi connectivity index (χ0) is 22.2. The molecule has 0 bridgehead atoms. The number of methoxy groups -OCH3 is 2. The second kappa shape index (κ2) is 11.1. The Balaban J connectivity index is 1.74. The molecule has 0 saturated carbocycles. The summed E-state index contributed by atoms with van der Waals surface area (Å²) in [5.41, 5.74) is 2.71. The number of benzene rings is 2. The fraction of sp³-hybridized carbons (Fsp3) is 0.292. The molecule has 5 nitrogen and oxygen atoms in total. The van der Waals surface area contributed by atoms with Crippen LogP contribution < -0.4 is 9.47 Å². The molecule has 0 spiro atoms. The first-order valence-corrected chi connectivity index (χ1v) is 10.8. The molecule has 2 aromatic carbocycles. The summed E-state index contributed by atoms with van der Waals surface area (Å²) in [5, 5.41) is 10.5. The molecule has 1 heterocycles. The lowest BCUT2D eigenvalue weighted by molar-refractivity contribution is 0.172. The van der Waals surface area contributed by atoms with Crippen LogP contribution in [-0.2, 0) is 13.1 Å². The quantitative estimate of drug-likeness (QED) is 0.446. The van der Waals surface area contributed by atoms with Crippen molar-refractivity contribution in [3.63, 3.8) is 0 Å². The molecule has 3 rings (SSSR count). The Labute approximate surface area is 187 Å². The summed E-state index contributed by atoms with van der Waals surface area (Å²) in [6.07, 6.45) is 0.308. The first kappa shape index (κ1) is 23.1. The predicted molar refractivity (Wildman–Crippen MR) is 121 cm³/mol. The Hall–Kier alpha value is -2.61. The Morgan fingerprint density at radius 2 is 1.42 bits per heavy atom. The van der Waals surface area contributed by atoms with Crippen molar-refractivity contribution >= 4 is 11.9 Å². The smallest absolute Gasteiger partial charge is 0.141 e. The van der Waals surface area contributed by atoms with Gasteiger partial charge in [-0.15, -0.1) is 0 Å². The average molecular weight is 443 g/mol. The molecule has 0 aliphatic heterocycles. The third-order valence-corrected chi connectivity index (χ3v) is 6.00. The van der Waals surface area contributed by atoms with Crippen molar-refractivity contribution in [3.05, 3.63) is 89.5 Å². The molecule has 0 fully saturated rings. The summed E-state index contributed by atoms with van der Waals surface area (Å²) >= 11 is 1.55. The van der Waals surface area contributed by atoms with E-state index in [0.29, 0.717) is 18.8 Å². The normalized spacial score (nSPS) is 13.1. The first-order valence-electron chi connectivity index (χ1n) is 9.95. The molecule has 2 unspecified atom stereocenters. The summed E-state index contributed by atoms with van der Waals surface area (Å²) < 4.78 is 25.9. The monoisotopic (exact) mass is 442 g/mol. The summed E-state index contributed by atoms with van der Waals surface area (Å²) in [5.74, 6) is 1.20. The highest BCUT2D eigenvalue weighted by Crippen LogP contribution is 2.31. The maximum atomic E-state index is 13.2. The van der Waals surface area contributed by atoms with Crippen molar-refractivity contribution in [2.75, 3.05) is 14.2 Å². The van der Waals surface area contributed by atoms with Crippen LogP contribution in [0.5, 0.6) is 11.5 Å². The van der Waals surface area contributed by atoms with Crippen LogP contribution in [0.3, 0.4) is 0 Å². The highest BCUT2D eigenvalue weighted by atomic mass is 32.2. The van der Waals surface area contributed by atoms with E-state index in [1.165, 1.54) is 12.1 Å². The average Bonchev–Trinajstić information content (AvgIpc) is 2.80. The number of rotatable bonds is 10. The minimum Gasteiger partial charge on any atom is -0.497 e. The third kappa shape index (κ3) is 6.69. The van der Waals surface area contributed by atoms with Crippen LogP contribution in [0.25, 0.3) is 0 Å². The predicted octanol–water partition coefficient (Wildman–Crippen LogP) is 5.01. The van der Waals surface area contributed by atoms with Gasteiger partial charge in [-0.25, -0.2) is 8.70 Å². The SMILES string of the molecule is COc1ccc(CN(Cc2ccc(OC)cc2)SC(C)C(O)c2ccc(F)cn2)cc1. The molecular weight excluding hydrogens is 415 g/mol. The van der Waals surface area contributed by atoms with Crippen LogP contribution in [0.2, 0.25) is 0 Å². The number of halogens is 1. The molecule has 1 aromatic heterocycles. The summed E-state index contributed by atoms with van der Waals surface area (Å²) in [6, 6.07) is 18.7. The van der Waals surface area contributed by atoms with Gasteiger partial charge in [-0.05, 0) is 54.4 Å². The second-order valence-corrected chi connectivity index (χ2v) is 8.62. The number of hydrogen-bond acceptors (Lipinski definition) is 6. The van der Waals surface area contributed by atoms with Crippen LogP contribution >= 0.6 is 11.9 Å². The van der Waals surface area contributed by atoms with E-state index in [-0.39, 0.29) is 5.25 Å². The zero-order valence-electron chi connectivity index (χ0n) is 17.9. The number of ether oxygens (including phenoxy) is 2. The molecule has 1 N–H and O–H groups in total.